The molecule has 0 saturated heterocycles. The fourth-order valence-corrected chi connectivity index (χ4v) is 2.35. The van der Waals surface area contributed by atoms with Crippen LogP contribution < -0.4 is 14.8 Å². The highest BCUT2D eigenvalue weighted by atomic mass is 16.5. The van der Waals surface area contributed by atoms with E-state index in [4.69, 9.17) is 9.47 Å². The zero-order valence-electron chi connectivity index (χ0n) is 15.0. The lowest BCUT2D eigenvalue weighted by Crippen LogP contribution is -2.23. The van der Waals surface area contributed by atoms with E-state index in [-0.39, 0.29) is 5.57 Å². The summed E-state index contributed by atoms with van der Waals surface area (Å²) in [4.78, 5) is 12.3. The van der Waals surface area contributed by atoms with Gasteiger partial charge in [-0.05, 0) is 37.6 Å². The summed E-state index contributed by atoms with van der Waals surface area (Å²) in [6.45, 7) is 5.16. The number of hydrogen-bond acceptors (Lipinski definition) is 4. The van der Waals surface area contributed by atoms with Gasteiger partial charge in [0.1, 0.15) is 23.1 Å². The third-order valence-electron chi connectivity index (χ3n) is 3.56. The molecule has 2 aromatic rings. The summed E-state index contributed by atoms with van der Waals surface area (Å²) < 4.78 is 11.1. The normalized spacial score (nSPS) is 10.7. The molecule has 0 fully saturated rings. The molecule has 0 unspecified atom stereocenters. The van der Waals surface area contributed by atoms with Gasteiger partial charge in [0.2, 0.25) is 0 Å². The van der Waals surface area contributed by atoms with Crippen LogP contribution in [0.2, 0.25) is 0 Å². The third-order valence-corrected chi connectivity index (χ3v) is 3.56. The molecule has 0 aliphatic carbocycles. The summed E-state index contributed by atoms with van der Waals surface area (Å²) in [5, 5.41) is 12.1. The molecular formula is C21H22N2O3. The van der Waals surface area contributed by atoms with Crippen molar-refractivity contribution >= 4 is 12.0 Å². The molecule has 0 saturated carbocycles. The maximum absolute atomic E-state index is 12.3. The number of carbonyl (C=O) groups is 1. The number of carbonyl (C=O) groups excluding carboxylic acids is 1. The van der Waals surface area contributed by atoms with Crippen molar-refractivity contribution in [2.24, 2.45) is 0 Å². The number of nitriles is 1. The molecule has 2 aromatic carbocycles. The topological polar surface area (TPSA) is 71.3 Å². The van der Waals surface area contributed by atoms with E-state index >= 15 is 0 Å². The van der Waals surface area contributed by atoms with E-state index in [9.17, 15) is 10.1 Å². The highest BCUT2D eigenvalue weighted by Gasteiger charge is 2.11. The maximum Gasteiger partial charge on any atom is 0.262 e. The Morgan fingerprint density at radius 3 is 2.50 bits per heavy atom. The Morgan fingerprint density at radius 1 is 1.12 bits per heavy atom. The molecule has 134 valence electrons. The van der Waals surface area contributed by atoms with Gasteiger partial charge >= 0.3 is 0 Å². The van der Waals surface area contributed by atoms with Gasteiger partial charge in [0, 0.05) is 18.2 Å². The van der Waals surface area contributed by atoms with E-state index in [1.165, 1.54) is 6.08 Å². The molecule has 0 aliphatic heterocycles. The number of nitrogens with one attached hydrogen (secondary N) is 1. The van der Waals surface area contributed by atoms with Gasteiger partial charge in [-0.15, -0.1) is 0 Å². The van der Waals surface area contributed by atoms with Crippen LogP contribution in [0.1, 0.15) is 25.0 Å². The van der Waals surface area contributed by atoms with Crippen LogP contribution in [0.3, 0.4) is 0 Å². The highest BCUT2D eigenvalue weighted by molar-refractivity contribution is 6.01. The predicted molar refractivity (Wildman–Crippen MR) is 101 cm³/mol. The molecule has 0 aromatic heterocycles. The Balaban J connectivity index is 2.18. The van der Waals surface area contributed by atoms with Gasteiger partial charge in [-0.25, -0.2) is 0 Å². The molecule has 2 rings (SSSR count). The van der Waals surface area contributed by atoms with E-state index < -0.39 is 5.91 Å². The van der Waals surface area contributed by atoms with Gasteiger partial charge in [0.15, 0.2) is 0 Å². The van der Waals surface area contributed by atoms with Crippen molar-refractivity contribution in [3.8, 4) is 17.6 Å². The second kappa shape index (κ2) is 9.90. The number of nitrogens with zero attached hydrogens (tertiary/aromatic N) is 1. The van der Waals surface area contributed by atoms with E-state index in [0.29, 0.717) is 36.8 Å². The molecule has 1 N–H and O–H groups in total. The lowest BCUT2D eigenvalue weighted by molar-refractivity contribution is -0.117. The van der Waals surface area contributed by atoms with Crippen molar-refractivity contribution in [2.45, 2.75) is 20.4 Å². The van der Waals surface area contributed by atoms with Crippen LogP contribution >= 0.6 is 0 Å². The van der Waals surface area contributed by atoms with Crippen LogP contribution in [0, 0.1) is 11.3 Å². The molecule has 26 heavy (non-hydrogen) atoms. The van der Waals surface area contributed by atoms with Gasteiger partial charge in [-0.2, -0.15) is 5.26 Å². The molecule has 0 radical (unpaired) electrons. The fraction of sp³-hybridized carbons (Fsp3) is 0.238. The summed E-state index contributed by atoms with van der Waals surface area (Å²) in [6, 6.07) is 16.8. The van der Waals surface area contributed by atoms with Crippen molar-refractivity contribution in [1.29, 1.82) is 5.26 Å². The number of benzene rings is 2. The van der Waals surface area contributed by atoms with Gasteiger partial charge in [-0.3, -0.25) is 4.79 Å². The van der Waals surface area contributed by atoms with Gasteiger partial charge in [-0.1, -0.05) is 30.3 Å². The van der Waals surface area contributed by atoms with Crippen LogP contribution in [0.15, 0.2) is 54.1 Å². The molecule has 5 heteroatoms. The maximum atomic E-state index is 12.3. The standard InChI is InChI=1S/C21H22N2O3/c1-3-25-19-11-10-17(20(13-19)26-4-2)12-18(14-22)21(24)23-15-16-8-6-5-7-9-16/h5-13H,3-4,15H2,1-2H3,(H,23,24)/b18-12-. The number of hydrogen-bond donors (Lipinski definition) is 1. The van der Waals surface area contributed by atoms with Crippen LogP contribution in [0.25, 0.3) is 6.08 Å². The molecule has 0 aliphatic rings. The smallest absolute Gasteiger partial charge is 0.262 e. The second-order valence-electron chi connectivity index (χ2n) is 5.40. The molecule has 0 spiro atoms. The first-order valence-corrected chi connectivity index (χ1v) is 8.51. The van der Waals surface area contributed by atoms with E-state index in [0.717, 1.165) is 5.56 Å². The monoisotopic (exact) mass is 350 g/mol. The summed E-state index contributed by atoms with van der Waals surface area (Å²) >= 11 is 0. The van der Waals surface area contributed by atoms with Crippen LogP contribution in [0.4, 0.5) is 0 Å². The fourth-order valence-electron chi connectivity index (χ4n) is 2.35. The van der Waals surface area contributed by atoms with Crippen LogP contribution in [0.5, 0.6) is 11.5 Å². The van der Waals surface area contributed by atoms with Crippen molar-refractivity contribution in [3.63, 3.8) is 0 Å². The Morgan fingerprint density at radius 2 is 1.85 bits per heavy atom. The number of rotatable bonds is 8. The molecule has 0 heterocycles. The van der Waals surface area contributed by atoms with E-state index in [1.807, 2.05) is 50.2 Å². The summed E-state index contributed by atoms with van der Waals surface area (Å²) in [5.74, 6) is 0.829. The molecular weight excluding hydrogens is 328 g/mol. The zero-order valence-corrected chi connectivity index (χ0v) is 15.0. The third kappa shape index (κ3) is 5.38. The van der Waals surface area contributed by atoms with Gasteiger partial charge in [0.25, 0.3) is 5.91 Å². The van der Waals surface area contributed by atoms with Crippen LogP contribution in [-0.2, 0) is 11.3 Å². The minimum absolute atomic E-state index is 0.0195. The zero-order chi connectivity index (χ0) is 18.8. The van der Waals surface area contributed by atoms with E-state index in [2.05, 4.69) is 5.32 Å². The summed E-state index contributed by atoms with van der Waals surface area (Å²) in [5.41, 5.74) is 1.64. The molecule has 0 atom stereocenters. The SMILES string of the molecule is CCOc1ccc(/C=C(/C#N)C(=O)NCc2ccccc2)c(OCC)c1. The molecule has 5 nitrogen and oxygen atoms in total. The lowest BCUT2D eigenvalue weighted by Gasteiger charge is -2.11. The van der Waals surface area contributed by atoms with E-state index in [1.54, 1.807) is 18.2 Å². The van der Waals surface area contributed by atoms with Gasteiger partial charge < -0.3 is 14.8 Å². The molecule has 0 bridgehead atoms. The molecule has 1 amide bonds. The lowest BCUT2D eigenvalue weighted by atomic mass is 10.1. The first kappa shape index (κ1) is 19.1. The number of ether oxygens (including phenoxy) is 2. The average Bonchev–Trinajstić information content (AvgIpc) is 2.67. The van der Waals surface area contributed by atoms with Crippen molar-refractivity contribution in [1.82, 2.24) is 5.32 Å². The second-order valence-corrected chi connectivity index (χ2v) is 5.40. The van der Waals surface area contributed by atoms with Crippen LogP contribution in [-0.4, -0.2) is 19.1 Å². The first-order chi connectivity index (χ1) is 12.7. The Kier molecular flexibility index (Phi) is 7.26. The van der Waals surface area contributed by atoms with Gasteiger partial charge in [0.05, 0.1) is 13.2 Å². The largest absolute Gasteiger partial charge is 0.494 e. The minimum atomic E-state index is -0.423. The van der Waals surface area contributed by atoms with Crippen molar-refractivity contribution in [2.75, 3.05) is 13.2 Å². The minimum Gasteiger partial charge on any atom is -0.494 e. The summed E-state index contributed by atoms with van der Waals surface area (Å²) in [7, 11) is 0. The Bertz CT molecular complexity index is 808. The van der Waals surface area contributed by atoms with Crippen molar-refractivity contribution < 1.29 is 14.3 Å². The first-order valence-electron chi connectivity index (χ1n) is 8.51. The highest BCUT2D eigenvalue weighted by Crippen LogP contribution is 2.27. The predicted octanol–water partition coefficient (Wildman–Crippen LogP) is 3.71. The van der Waals surface area contributed by atoms with Crippen molar-refractivity contribution in [3.05, 3.63) is 65.2 Å². The summed E-state index contributed by atoms with van der Waals surface area (Å²) in [6.07, 6.45) is 1.53. The quantitative estimate of drug-likeness (QED) is 0.582. The average molecular weight is 350 g/mol. The number of amides is 1. The Labute approximate surface area is 153 Å². The Hall–Kier alpha value is -3.26.